The highest BCUT2D eigenvalue weighted by atomic mass is 32.1. The lowest BCUT2D eigenvalue weighted by molar-refractivity contribution is -0.120. The SMILES string of the molecule is Cc1nn(-c2ccccc2)nc1CNC(=O)Cc1sc(=S)[nH]c1C. The van der Waals surface area contributed by atoms with Crippen LogP contribution in [-0.2, 0) is 17.8 Å². The summed E-state index contributed by atoms with van der Waals surface area (Å²) in [7, 11) is 0. The van der Waals surface area contributed by atoms with Crippen molar-refractivity contribution in [3.63, 3.8) is 0 Å². The average Bonchev–Trinajstić information content (AvgIpc) is 3.08. The molecule has 0 bridgehead atoms. The summed E-state index contributed by atoms with van der Waals surface area (Å²) in [6, 6.07) is 9.68. The van der Waals surface area contributed by atoms with E-state index >= 15 is 0 Å². The summed E-state index contributed by atoms with van der Waals surface area (Å²) in [6.45, 7) is 4.16. The summed E-state index contributed by atoms with van der Waals surface area (Å²) in [4.78, 5) is 17.7. The molecular formula is C16H17N5OS2. The fourth-order valence-corrected chi connectivity index (χ4v) is 3.54. The van der Waals surface area contributed by atoms with Crippen LogP contribution >= 0.6 is 23.6 Å². The minimum atomic E-state index is -0.0583. The molecule has 2 N–H and O–H groups in total. The molecular weight excluding hydrogens is 342 g/mol. The van der Waals surface area contributed by atoms with Gasteiger partial charge in [0.25, 0.3) is 0 Å². The second-order valence-corrected chi connectivity index (χ2v) is 7.15. The van der Waals surface area contributed by atoms with Crippen molar-refractivity contribution in [3.05, 3.63) is 56.2 Å². The van der Waals surface area contributed by atoms with Crippen LogP contribution in [0.3, 0.4) is 0 Å². The number of aromatic nitrogens is 4. The molecule has 0 spiro atoms. The van der Waals surface area contributed by atoms with Gasteiger partial charge in [0.05, 0.1) is 24.3 Å². The van der Waals surface area contributed by atoms with Crippen LogP contribution in [0.1, 0.15) is 22.0 Å². The zero-order chi connectivity index (χ0) is 17.1. The molecule has 2 heterocycles. The number of benzene rings is 1. The molecule has 2 aromatic heterocycles. The average molecular weight is 359 g/mol. The number of nitrogens with one attached hydrogen (secondary N) is 2. The van der Waals surface area contributed by atoms with E-state index in [0.29, 0.717) is 16.9 Å². The van der Waals surface area contributed by atoms with E-state index in [1.165, 1.54) is 11.3 Å². The number of nitrogens with zero attached hydrogens (tertiary/aromatic N) is 3. The Hall–Kier alpha value is -2.32. The Morgan fingerprint density at radius 3 is 2.71 bits per heavy atom. The van der Waals surface area contributed by atoms with Gasteiger partial charge in [-0.25, -0.2) is 0 Å². The Balaban J connectivity index is 1.64. The molecule has 0 fully saturated rings. The van der Waals surface area contributed by atoms with Gasteiger partial charge in [-0.05, 0) is 38.2 Å². The third-order valence-corrected chi connectivity index (χ3v) is 4.90. The summed E-state index contributed by atoms with van der Waals surface area (Å²) in [6.07, 6.45) is 0.315. The first kappa shape index (κ1) is 16.5. The van der Waals surface area contributed by atoms with E-state index in [0.717, 1.165) is 27.6 Å². The van der Waals surface area contributed by atoms with E-state index in [4.69, 9.17) is 12.2 Å². The van der Waals surface area contributed by atoms with Crippen LogP contribution in [-0.4, -0.2) is 25.9 Å². The van der Waals surface area contributed by atoms with Gasteiger partial charge in [0.15, 0.2) is 3.95 Å². The number of carbonyl (C=O) groups excluding carboxylic acids is 1. The van der Waals surface area contributed by atoms with E-state index in [1.807, 2.05) is 44.2 Å². The van der Waals surface area contributed by atoms with Gasteiger partial charge in [-0.2, -0.15) is 15.0 Å². The molecule has 0 unspecified atom stereocenters. The lowest BCUT2D eigenvalue weighted by Gasteiger charge is -2.03. The van der Waals surface area contributed by atoms with E-state index in [-0.39, 0.29) is 5.91 Å². The van der Waals surface area contributed by atoms with Crippen molar-refractivity contribution in [1.82, 2.24) is 25.3 Å². The number of rotatable bonds is 5. The number of amides is 1. The maximum Gasteiger partial charge on any atom is 0.225 e. The molecule has 0 radical (unpaired) electrons. The van der Waals surface area contributed by atoms with Crippen LogP contribution in [0.4, 0.5) is 0 Å². The van der Waals surface area contributed by atoms with E-state index in [1.54, 1.807) is 4.80 Å². The van der Waals surface area contributed by atoms with Gasteiger partial charge >= 0.3 is 0 Å². The van der Waals surface area contributed by atoms with Gasteiger partial charge in [-0.15, -0.1) is 11.3 Å². The van der Waals surface area contributed by atoms with Crippen molar-refractivity contribution >= 4 is 29.5 Å². The molecule has 6 nitrogen and oxygen atoms in total. The third-order valence-electron chi connectivity index (χ3n) is 3.56. The fraction of sp³-hybridized carbons (Fsp3) is 0.250. The van der Waals surface area contributed by atoms with Crippen LogP contribution in [0.2, 0.25) is 0 Å². The van der Waals surface area contributed by atoms with Crippen molar-refractivity contribution in [2.45, 2.75) is 26.8 Å². The van der Waals surface area contributed by atoms with Crippen molar-refractivity contribution in [1.29, 1.82) is 0 Å². The largest absolute Gasteiger partial charge is 0.350 e. The molecule has 0 aliphatic rings. The number of thiazole rings is 1. The van der Waals surface area contributed by atoms with Crippen molar-refractivity contribution in [2.75, 3.05) is 0 Å². The number of carbonyl (C=O) groups is 1. The maximum absolute atomic E-state index is 12.1. The van der Waals surface area contributed by atoms with Crippen LogP contribution in [0.5, 0.6) is 0 Å². The number of hydrogen-bond donors (Lipinski definition) is 2. The molecule has 8 heteroatoms. The minimum absolute atomic E-state index is 0.0583. The second-order valence-electron chi connectivity index (χ2n) is 5.37. The molecule has 124 valence electrons. The fourth-order valence-electron chi connectivity index (χ4n) is 2.24. The van der Waals surface area contributed by atoms with Crippen LogP contribution in [0.25, 0.3) is 5.69 Å². The van der Waals surface area contributed by atoms with Crippen molar-refractivity contribution in [3.8, 4) is 5.69 Å². The van der Waals surface area contributed by atoms with Gasteiger partial charge in [0.1, 0.15) is 5.69 Å². The molecule has 3 rings (SSSR count). The summed E-state index contributed by atoms with van der Waals surface area (Å²) >= 11 is 6.53. The standard InChI is InChI=1S/C16H17N5OS2/c1-10-13(20-21(19-10)12-6-4-3-5-7-12)9-17-15(22)8-14-11(2)18-16(23)24-14/h3-7H,8-9H2,1-2H3,(H,17,22)(H,18,23). The molecule has 0 aliphatic heterocycles. The molecule has 1 aromatic carbocycles. The van der Waals surface area contributed by atoms with Gasteiger partial charge < -0.3 is 10.3 Å². The normalized spacial score (nSPS) is 10.8. The quantitative estimate of drug-likeness (QED) is 0.687. The smallest absolute Gasteiger partial charge is 0.225 e. The molecule has 0 atom stereocenters. The lowest BCUT2D eigenvalue weighted by Crippen LogP contribution is -2.25. The second kappa shape index (κ2) is 7.06. The van der Waals surface area contributed by atoms with Gasteiger partial charge in [0.2, 0.25) is 5.91 Å². The first-order chi connectivity index (χ1) is 11.5. The van der Waals surface area contributed by atoms with Crippen molar-refractivity contribution in [2.24, 2.45) is 0 Å². The predicted molar refractivity (Wildman–Crippen MR) is 95.9 cm³/mol. The Kier molecular flexibility index (Phi) is 4.86. The highest BCUT2D eigenvalue weighted by Crippen LogP contribution is 2.15. The summed E-state index contributed by atoms with van der Waals surface area (Å²) in [5, 5.41) is 11.7. The topological polar surface area (TPSA) is 75.6 Å². The molecule has 1 amide bonds. The summed E-state index contributed by atoms with van der Waals surface area (Å²) < 4.78 is 0.692. The molecule has 3 aromatic rings. The van der Waals surface area contributed by atoms with Crippen LogP contribution < -0.4 is 5.32 Å². The molecule has 0 aliphatic carbocycles. The summed E-state index contributed by atoms with van der Waals surface area (Å²) in [5.74, 6) is -0.0583. The lowest BCUT2D eigenvalue weighted by atomic mass is 10.3. The zero-order valence-electron chi connectivity index (χ0n) is 13.4. The predicted octanol–water partition coefficient (Wildman–Crippen LogP) is 2.86. The Labute approximate surface area is 148 Å². The highest BCUT2D eigenvalue weighted by Gasteiger charge is 2.12. The summed E-state index contributed by atoms with van der Waals surface area (Å²) in [5.41, 5.74) is 3.39. The van der Waals surface area contributed by atoms with Crippen molar-refractivity contribution < 1.29 is 4.79 Å². The third kappa shape index (κ3) is 3.77. The van der Waals surface area contributed by atoms with Crippen LogP contribution in [0, 0.1) is 17.8 Å². The first-order valence-electron chi connectivity index (χ1n) is 7.46. The van der Waals surface area contributed by atoms with Gasteiger partial charge in [0, 0.05) is 10.6 Å². The van der Waals surface area contributed by atoms with E-state index in [2.05, 4.69) is 20.5 Å². The maximum atomic E-state index is 12.1. The van der Waals surface area contributed by atoms with Crippen LogP contribution in [0.15, 0.2) is 30.3 Å². The number of para-hydroxylation sites is 1. The highest BCUT2D eigenvalue weighted by molar-refractivity contribution is 7.73. The number of aromatic amines is 1. The van der Waals surface area contributed by atoms with E-state index < -0.39 is 0 Å². The van der Waals surface area contributed by atoms with Gasteiger partial charge in [-0.1, -0.05) is 18.2 Å². The zero-order valence-corrected chi connectivity index (χ0v) is 15.0. The minimum Gasteiger partial charge on any atom is -0.350 e. The molecule has 0 saturated carbocycles. The van der Waals surface area contributed by atoms with E-state index in [9.17, 15) is 4.79 Å². The monoisotopic (exact) mass is 359 g/mol. The molecule has 24 heavy (non-hydrogen) atoms. The Bertz CT molecular complexity index is 910. The first-order valence-corrected chi connectivity index (χ1v) is 8.69. The van der Waals surface area contributed by atoms with Gasteiger partial charge in [-0.3, -0.25) is 4.79 Å². The number of H-pyrrole nitrogens is 1. The molecule has 0 saturated heterocycles. The Morgan fingerprint density at radius 2 is 2.04 bits per heavy atom. The Morgan fingerprint density at radius 1 is 1.29 bits per heavy atom. The number of aryl methyl sites for hydroxylation is 2. The number of hydrogen-bond acceptors (Lipinski definition) is 5.